The number of aromatic amines is 1. The van der Waals surface area contributed by atoms with Crippen molar-refractivity contribution in [3.63, 3.8) is 0 Å². The van der Waals surface area contributed by atoms with Gasteiger partial charge >= 0.3 is 5.69 Å². The fourth-order valence-electron chi connectivity index (χ4n) is 4.51. The molecule has 4 aromatic rings. The number of nitrogens with one attached hydrogen (secondary N) is 1. The maximum atomic E-state index is 13.0. The second kappa shape index (κ2) is 5.90. The van der Waals surface area contributed by atoms with Crippen LogP contribution in [0.4, 0.5) is 0 Å². The molecule has 0 bridgehead atoms. The monoisotopic (exact) mass is 376 g/mol. The number of nitrogens with zero attached hydrogens (tertiary/aromatic N) is 3. The molecule has 1 aliphatic rings. The number of rotatable bonds is 3. The number of H-pyrrole nitrogens is 1. The van der Waals surface area contributed by atoms with Crippen molar-refractivity contribution >= 4 is 11.0 Å². The first-order chi connectivity index (χ1) is 13.6. The molecule has 1 aromatic carbocycles. The summed E-state index contributed by atoms with van der Waals surface area (Å²) in [6.07, 6.45) is 3.06. The fourth-order valence-corrected chi connectivity index (χ4v) is 4.51. The van der Waals surface area contributed by atoms with Crippen molar-refractivity contribution in [1.82, 2.24) is 19.7 Å². The summed E-state index contributed by atoms with van der Waals surface area (Å²) in [5.74, 6) is 0.769. The number of imidazole rings is 1. The molecule has 1 unspecified atom stereocenters. The first-order valence-electron chi connectivity index (χ1n) is 9.24. The summed E-state index contributed by atoms with van der Waals surface area (Å²) in [5.41, 5.74) is 5.16. The van der Waals surface area contributed by atoms with Crippen molar-refractivity contribution in [1.29, 1.82) is 0 Å². The Bertz CT molecular complexity index is 1230. The Morgan fingerprint density at radius 2 is 2.11 bits per heavy atom. The molecule has 142 valence electrons. The molecule has 5 rings (SSSR count). The van der Waals surface area contributed by atoms with Gasteiger partial charge in [-0.1, -0.05) is 17.3 Å². The fraction of sp³-hybridized carbons (Fsp3) is 0.286. The standard InChI is InChI=1S/C21H20N4O3/c1-12-18(13(2)28-24-12)14-7-8-16-19-15(14)9-10-21(27-3,25(19)20(26)23-16)17-6-4-5-11-22-17/h4-8,11H,9-10H2,1-3H3,(H,23,26). The minimum Gasteiger partial charge on any atom is -0.361 e. The molecule has 1 aliphatic heterocycles. The van der Waals surface area contributed by atoms with Gasteiger partial charge in [-0.15, -0.1) is 0 Å². The van der Waals surface area contributed by atoms with E-state index in [2.05, 4.69) is 15.1 Å². The van der Waals surface area contributed by atoms with Crippen molar-refractivity contribution in [3.05, 3.63) is 69.7 Å². The SMILES string of the molecule is COC1(c2ccccn2)CCc2c(-c3c(C)noc3C)ccc3[nH]c(=O)n1c23. The lowest BCUT2D eigenvalue weighted by molar-refractivity contribution is -0.0539. The maximum Gasteiger partial charge on any atom is 0.329 e. The number of aryl methyl sites for hydroxylation is 3. The zero-order valence-corrected chi connectivity index (χ0v) is 15.9. The summed E-state index contributed by atoms with van der Waals surface area (Å²) in [7, 11) is 1.63. The Morgan fingerprint density at radius 1 is 1.25 bits per heavy atom. The van der Waals surface area contributed by atoms with Crippen molar-refractivity contribution in [3.8, 4) is 11.1 Å². The van der Waals surface area contributed by atoms with Gasteiger partial charge in [0.05, 0.1) is 22.4 Å². The summed E-state index contributed by atoms with van der Waals surface area (Å²) in [6, 6.07) is 9.63. The number of ether oxygens (including phenoxy) is 1. The summed E-state index contributed by atoms with van der Waals surface area (Å²) < 4.78 is 13.1. The van der Waals surface area contributed by atoms with Crippen molar-refractivity contribution < 1.29 is 9.26 Å². The van der Waals surface area contributed by atoms with Crippen LogP contribution in [0.5, 0.6) is 0 Å². The molecule has 0 fully saturated rings. The highest BCUT2D eigenvalue weighted by atomic mass is 16.5. The van der Waals surface area contributed by atoms with E-state index in [0.29, 0.717) is 12.1 Å². The van der Waals surface area contributed by atoms with Gasteiger partial charge in [0.25, 0.3) is 0 Å². The lowest BCUT2D eigenvalue weighted by Gasteiger charge is -2.37. The highest BCUT2D eigenvalue weighted by Crippen LogP contribution is 2.42. The smallest absolute Gasteiger partial charge is 0.329 e. The molecular weight excluding hydrogens is 356 g/mol. The molecule has 7 nitrogen and oxygen atoms in total. The summed E-state index contributed by atoms with van der Waals surface area (Å²) in [4.78, 5) is 20.5. The van der Waals surface area contributed by atoms with E-state index in [4.69, 9.17) is 9.26 Å². The van der Waals surface area contributed by atoms with Crippen LogP contribution in [-0.4, -0.2) is 26.8 Å². The molecule has 7 heteroatoms. The molecule has 0 radical (unpaired) electrons. The molecule has 1 N–H and O–H groups in total. The van der Waals surface area contributed by atoms with E-state index in [1.807, 2.05) is 44.2 Å². The van der Waals surface area contributed by atoms with Gasteiger partial charge in [0.15, 0.2) is 5.72 Å². The third kappa shape index (κ3) is 2.10. The third-order valence-corrected chi connectivity index (χ3v) is 5.73. The highest BCUT2D eigenvalue weighted by molar-refractivity contribution is 5.89. The summed E-state index contributed by atoms with van der Waals surface area (Å²) >= 11 is 0. The largest absolute Gasteiger partial charge is 0.361 e. The van der Waals surface area contributed by atoms with Gasteiger partial charge in [0, 0.05) is 25.3 Å². The number of pyridine rings is 1. The van der Waals surface area contributed by atoms with Gasteiger partial charge in [-0.05, 0) is 49.6 Å². The second-order valence-electron chi connectivity index (χ2n) is 7.16. The van der Waals surface area contributed by atoms with Crippen LogP contribution in [0.2, 0.25) is 0 Å². The molecule has 28 heavy (non-hydrogen) atoms. The molecule has 0 amide bonds. The molecule has 1 atom stereocenters. The van der Waals surface area contributed by atoms with Crippen molar-refractivity contribution in [2.24, 2.45) is 0 Å². The Balaban J connectivity index is 1.87. The Hall–Kier alpha value is -3.19. The van der Waals surface area contributed by atoms with Crippen molar-refractivity contribution in [2.75, 3.05) is 7.11 Å². The number of hydrogen-bond acceptors (Lipinski definition) is 5. The van der Waals surface area contributed by atoms with Gasteiger partial charge in [-0.3, -0.25) is 9.55 Å². The lowest BCUT2D eigenvalue weighted by Crippen LogP contribution is -2.45. The Labute approximate surface area is 161 Å². The molecule has 0 aliphatic carbocycles. The predicted octanol–water partition coefficient (Wildman–Crippen LogP) is 3.29. The van der Waals surface area contributed by atoms with Crippen LogP contribution >= 0.6 is 0 Å². The van der Waals surface area contributed by atoms with E-state index in [-0.39, 0.29) is 5.69 Å². The highest BCUT2D eigenvalue weighted by Gasteiger charge is 2.42. The van der Waals surface area contributed by atoms with E-state index in [9.17, 15) is 4.79 Å². The Kier molecular flexibility index (Phi) is 3.57. The van der Waals surface area contributed by atoms with Crippen LogP contribution < -0.4 is 5.69 Å². The molecule has 0 saturated carbocycles. The van der Waals surface area contributed by atoms with Gasteiger partial charge < -0.3 is 14.2 Å². The number of hydrogen-bond donors (Lipinski definition) is 1. The summed E-state index contributed by atoms with van der Waals surface area (Å²) in [5, 5.41) is 4.10. The van der Waals surface area contributed by atoms with E-state index >= 15 is 0 Å². The van der Waals surface area contributed by atoms with Gasteiger partial charge in [0.1, 0.15) is 5.76 Å². The molecule has 0 saturated heterocycles. The zero-order chi connectivity index (χ0) is 19.5. The number of benzene rings is 1. The average molecular weight is 376 g/mol. The van der Waals surface area contributed by atoms with E-state index in [0.717, 1.165) is 45.6 Å². The predicted molar refractivity (Wildman–Crippen MR) is 104 cm³/mol. The molecular formula is C21H20N4O3. The Morgan fingerprint density at radius 3 is 2.79 bits per heavy atom. The first kappa shape index (κ1) is 16.9. The topological polar surface area (TPSA) is 85.9 Å². The second-order valence-corrected chi connectivity index (χ2v) is 7.16. The average Bonchev–Trinajstić information content (AvgIpc) is 3.24. The van der Waals surface area contributed by atoms with E-state index < -0.39 is 5.72 Å². The van der Waals surface area contributed by atoms with Gasteiger partial charge in [-0.25, -0.2) is 4.79 Å². The first-order valence-corrected chi connectivity index (χ1v) is 9.24. The van der Waals surface area contributed by atoms with Crippen LogP contribution in [0.3, 0.4) is 0 Å². The molecule has 0 spiro atoms. The minimum absolute atomic E-state index is 0.209. The third-order valence-electron chi connectivity index (χ3n) is 5.73. The van der Waals surface area contributed by atoms with Gasteiger partial charge in [0.2, 0.25) is 0 Å². The minimum atomic E-state index is -0.943. The normalized spacial score (nSPS) is 18.7. The number of methoxy groups -OCH3 is 1. The van der Waals surface area contributed by atoms with E-state index in [1.54, 1.807) is 17.9 Å². The van der Waals surface area contributed by atoms with Gasteiger partial charge in [-0.2, -0.15) is 0 Å². The zero-order valence-electron chi connectivity index (χ0n) is 15.9. The summed E-state index contributed by atoms with van der Waals surface area (Å²) in [6.45, 7) is 3.84. The van der Waals surface area contributed by atoms with Crippen LogP contribution in [-0.2, 0) is 16.9 Å². The number of aromatic nitrogens is 4. The molecule has 3 aromatic heterocycles. The van der Waals surface area contributed by atoms with Crippen LogP contribution in [0.25, 0.3) is 22.2 Å². The van der Waals surface area contributed by atoms with Crippen LogP contribution in [0.15, 0.2) is 45.8 Å². The lowest BCUT2D eigenvalue weighted by atomic mass is 9.88. The van der Waals surface area contributed by atoms with E-state index in [1.165, 1.54) is 0 Å². The van der Waals surface area contributed by atoms with Crippen LogP contribution in [0.1, 0.15) is 29.1 Å². The van der Waals surface area contributed by atoms with Crippen LogP contribution in [0, 0.1) is 13.8 Å². The quantitative estimate of drug-likeness (QED) is 0.593. The molecule has 4 heterocycles. The van der Waals surface area contributed by atoms with Crippen molar-refractivity contribution in [2.45, 2.75) is 32.4 Å². The maximum absolute atomic E-state index is 13.0.